The molecular weight excluding hydrogens is 255 g/mol. The molecule has 0 aliphatic carbocycles. The summed E-state index contributed by atoms with van der Waals surface area (Å²) in [6, 6.07) is 16.7. The summed E-state index contributed by atoms with van der Waals surface area (Å²) >= 11 is 0. The number of nitrogens with zero attached hydrogens (tertiary/aromatic N) is 1. The molecule has 1 aromatic heterocycles. The maximum absolute atomic E-state index is 13.4. The van der Waals surface area contributed by atoms with Gasteiger partial charge in [-0.25, -0.2) is 4.39 Å². The summed E-state index contributed by atoms with van der Waals surface area (Å²) in [4.78, 5) is 11.8. The smallest absolute Gasteiger partial charge is 0.266 e. The van der Waals surface area contributed by atoms with E-state index in [1.807, 2.05) is 48.5 Å². The van der Waals surface area contributed by atoms with Gasteiger partial charge in [-0.3, -0.25) is 4.79 Å². The molecule has 0 saturated carbocycles. The van der Waals surface area contributed by atoms with Gasteiger partial charge in [0, 0.05) is 16.6 Å². The summed E-state index contributed by atoms with van der Waals surface area (Å²) in [7, 11) is 0. The summed E-state index contributed by atoms with van der Waals surface area (Å²) in [5, 5.41) is 0.715. The lowest BCUT2D eigenvalue weighted by molar-refractivity contribution is 0.0992. The molecule has 1 amide bonds. The second-order valence-corrected chi connectivity index (χ2v) is 4.51. The molecule has 2 aromatic carbocycles. The Morgan fingerprint density at radius 2 is 1.70 bits per heavy atom. The van der Waals surface area contributed by atoms with Gasteiger partial charge in [0.1, 0.15) is 12.4 Å². The molecule has 100 valence electrons. The summed E-state index contributed by atoms with van der Waals surface area (Å²) in [5.74, 6) is -0.627. The number of fused-ring (bicyclic) bond motifs is 1. The van der Waals surface area contributed by atoms with Gasteiger partial charge < -0.3 is 10.3 Å². The monoisotopic (exact) mass is 268 g/mol. The first-order valence-electron chi connectivity index (χ1n) is 6.27. The molecule has 0 atom stereocenters. The van der Waals surface area contributed by atoms with Gasteiger partial charge in [-0.15, -0.1) is 0 Å². The Morgan fingerprint density at radius 3 is 2.35 bits per heavy atom. The van der Waals surface area contributed by atoms with E-state index in [1.165, 1.54) is 0 Å². The molecule has 0 spiro atoms. The van der Waals surface area contributed by atoms with E-state index in [4.69, 9.17) is 5.73 Å². The second kappa shape index (κ2) is 4.81. The topological polar surface area (TPSA) is 48.0 Å². The Hall–Kier alpha value is -2.62. The van der Waals surface area contributed by atoms with Gasteiger partial charge in [0.05, 0.1) is 5.52 Å². The standard InChI is InChI=1S/C16H13FN2O/c17-10-13-12-8-4-5-9-14(12)19(15(13)16(18)20)11-6-2-1-3-7-11/h1-9H,10H2,(H2,18,20). The Kier molecular flexibility index (Phi) is 2.99. The van der Waals surface area contributed by atoms with Crippen LogP contribution in [0.25, 0.3) is 16.6 Å². The van der Waals surface area contributed by atoms with Crippen LogP contribution in [0, 0.1) is 0 Å². The Balaban J connectivity index is 2.46. The summed E-state index contributed by atoms with van der Waals surface area (Å²) in [6.07, 6.45) is 0. The van der Waals surface area contributed by atoms with Gasteiger partial charge in [-0.1, -0.05) is 36.4 Å². The van der Waals surface area contributed by atoms with Gasteiger partial charge in [0.15, 0.2) is 0 Å². The van der Waals surface area contributed by atoms with Gasteiger partial charge in [0.2, 0.25) is 0 Å². The lowest BCUT2D eigenvalue weighted by Gasteiger charge is -2.09. The zero-order valence-corrected chi connectivity index (χ0v) is 10.7. The number of amides is 1. The number of alkyl halides is 1. The molecule has 0 bridgehead atoms. The Labute approximate surface area is 115 Å². The molecule has 4 heteroatoms. The number of para-hydroxylation sites is 2. The first-order chi connectivity index (χ1) is 9.74. The zero-order valence-electron chi connectivity index (χ0n) is 10.7. The summed E-state index contributed by atoms with van der Waals surface area (Å²) < 4.78 is 15.1. The quantitative estimate of drug-likeness (QED) is 0.779. The fourth-order valence-corrected chi connectivity index (χ4v) is 2.55. The molecule has 3 rings (SSSR count). The maximum Gasteiger partial charge on any atom is 0.266 e. The fourth-order valence-electron chi connectivity index (χ4n) is 2.55. The van der Waals surface area contributed by atoms with Crippen LogP contribution in [-0.2, 0) is 6.67 Å². The van der Waals surface area contributed by atoms with Gasteiger partial charge in [-0.05, 0) is 18.2 Å². The zero-order chi connectivity index (χ0) is 14.1. The van der Waals surface area contributed by atoms with Crippen molar-refractivity contribution in [2.45, 2.75) is 6.67 Å². The number of hydrogen-bond acceptors (Lipinski definition) is 1. The lowest BCUT2D eigenvalue weighted by atomic mass is 10.1. The highest BCUT2D eigenvalue weighted by molar-refractivity contribution is 6.02. The van der Waals surface area contributed by atoms with Crippen LogP contribution in [0.15, 0.2) is 54.6 Å². The molecule has 0 aliphatic rings. The third-order valence-corrected chi connectivity index (χ3v) is 3.36. The first-order valence-corrected chi connectivity index (χ1v) is 6.27. The number of aromatic nitrogens is 1. The summed E-state index contributed by atoms with van der Waals surface area (Å²) in [6.45, 7) is -0.724. The molecule has 2 N–H and O–H groups in total. The van der Waals surface area contributed by atoms with E-state index in [0.29, 0.717) is 10.9 Å². The van der Waals surface area contributed by atoms with Crippen molar-refractivity contribution in [1.82, 2.24) is 4.57 Å². The fraction of sp³-hybridized carbons (Fsp3) is 0.0625. The van der Waals surface area contributed by atoms with Crippen molar-refractivity contribution >= 4 is 16.8 Å². The van der Waals surface area contributed by atoms with E-state index >= 15 is 0 Å². The third kappa shape index (κ3) is 1.77. The number of benzene rings is 2. The first kappa shape index (κ1) is 12.4. The van der Waals surface area contributed by atoms with Crippen LogP contribution in [0.5, 0.6) is 0 Å². The number of hydrogen-bond donors (Lipinski definition) is 1. The van der Waals surface area contributed by atoms with E-state index in [-0.39, 0.29) is 5.69 Å². The van der Waals surface area contributed by atoms with Crippen LogP contribution in [-0.4, -0.2) is 10.5 Å². The van der Waals surface area contributed by atoms with Crippen molar-refractivity contribution in [1.29, 1.82) is 0 Å². The van der Waals surface area contributed by atoms with E-state index in [9.17, 15) is 9.18 Å². The van der Waals surface area contributed by atoms with Crippen molar-refractivity contribution in [3.8, 4) is 5.69 Å². The highest BCUT2D eigenvalue weighted by Crippen LogP contribution is 2.30. The number of primary amides is 1. The molecule has 0 radical (unpaired) electrons. The van der Waals surface area contributed by atoms with Gasteiger partial charge >= 0.3 is 0 Å². The van der Waals surface area contributed by atoms with Crippen LogP contribution < -0.4 is 5.73 Å². The van der Waals surface area contributed by atoms with Crippen LogP contribution in [0.1, 0.15) is 16.1 Å². The minimum Gasteiger partial charge on any atom is -0.364 e. The van der Waals surface area contributed by atoms with Crippen molar-refractivity contribution in [2.75, 3.05) is 0 Å². The lowest BCUT2D eigenvalue weighted by Crippen LogP contribution is -2.17. The van der Waals surface area contributed by atoms with E-state index in [2.05, 4.69) is 0 Å². The number of rotatable bonds is 3. The van der Waals surface area contributed by atoms with Crippen molar-refractivity contribution in [3.63, 3.8) is 0 Å². The third-order valence-electron chi connectivity index (χ3n) is 3.36. The van der Waals surface area contributed by atoms with Crippen molar-refractivity contribution < 1.29 is 9.18 Å². The molecule has 3 aromatic rings. The number of halogens is 1. The minimum atomic E-state index is -0.724. The summed E-state index contributed by atoms with van der Waals surface area (Å²) in [5.41, 5.74) is 7.59. The number of carbonyl (C=O) groups excluding carboxylic acids is 1. The van der Waals surface area contributed by atoms with Crippen LogP contribution >= 0.6 is 0 Å². The second-order valence-electron chi connectivity index (χ2n) is 4.51. The largest absolute Gasteiger partial charge is 0.364 e. The van der Waals surface area contributed by atoms with E-state index < -0.39 is 12.6 Å². The molecular formula is C16H13FN2O. The molecule has 3 nitrogen and oxygen atoms in total. The average molecular weight is 268 g/mol. The molecule has 0 aliphatic heterocycles. The van der Waals surface area contributed by atoms with Crippen LogP contribution in [0.4, 0.5) is 4.39 Å². The predicted octanol–water partition coefficient (Wildman–Crippen LogP) is 3.20. The molecule has 20 heavy (non-hydrogen) atoms. The highest BCUT2D eigenvalue weighted by Gasteiger charge is 2.21. The number of nitrogens with two attached hydrogens (primary N) is 1. The van der Waals surface area contributed by atoms with Crippen LogP contribution in [0.2, 0.25) is 0 Å². The van der Waals surface area contributed by atoms with Crippen molar-refractivity contribution in [3.05, 3.63) is 65.9 Å². The highest BCUT2D eigenvalue weighted by atomic mass is 19.1. The van der Waals surface area contributed by atoms with Gasteiger partial charge in [0.25, 0.3) is 5.91 Å². The number of carbonyl (C=O) groups is 1. The SMILES string of the molecule is NC(=O)c1c(CF)c2ccccc2n1-c1ccccc1. The normalized spacial score (nSPS) is 10.8. The molecule has 0 fully saturated rings. The van der Waals surface area contributed by atoms with E-state index in [1.54, 1.807) is 10.6 Å². The van der Waals surface area contributed by atoms with Crippen molar-refractivity contribution in [2.24, 2.45) is 5.73 Å². The maximum atomic E-state index is 13.4. The van der Waals surface area contributed by atoms with E-state index in [0.717, 1.165) is 11.2 Å². The minimum absolute atomic E-state index is 0.208. The molecule has 0 saturated heterocycles. The Morgan fingerprint density at radius 1 is 1.05 bits per heavy atom. The average Bonchev–Trinajstić information content (AvgIpc) is 2.82. The van der Waals surface area contributed by atoms with Gasteiger partial charge in [-0.2, -0.15) is 0 Å². The van der Waals surface area contributed by atoms with Crippen LogP contribution in [0.3, 0.4) is 0 Å². The predicted molar refractivity (Wildman–Crippen MR) is 76.6 cm³/mol. The Bertz CT molecular complexity index is 778. The molecule has 1 heterocycles. The molecule has 0 unspecified atom stereocenters.